The summed E-state index contributed by atoms with van der Waals surface area (Å²) < 4.78 is 64.6. The van der Waals surface area contributed by atoms with E-state index in [0.29, 0.717) is 0 Å². The topological polar surface area (TPSA) is 379 Å². The number of hydrogen-bond acceptors (Lipinski definition) is 19. The number of fused-ring (bicyclic) bond motifs is 1. The van der Waals surface area contributed by atoms with Gasteiger partial charge in [-0.05, 0) is 0 Å². The Morgan fingerprint density at radius 2 is 1.57 bits per heavy atom. The molecule has 0 radical (unpaired) electrons. The van der Waals surface area contributed by atoms with Crippen LogP contribution in [0.1, 0.15) is 6.23 Å². The molecule has 12 N–H and O–H groups in total. The molecule has 27 heteroatoms. The van der Waals surface area contributed by atoms with Crippen molar-refractivity contribution < 1.29 is 91.3 Å². The van der Waals surface area contributed by atoms with Crippen LogP contribution in [0.2, 0.25) is 0 Å². The monoisotopic (exact) mass is 699 g/mol. The lowest BCUT2D eigenvalue weighted by Gasteiger charge is -2.41. The van der Waals surface area contributed by atoms with Crippen molar-refractivity contribution in [1.82, 2.24) is 19.5 Å². The van der Waals surface area contributed by atoms with Gasteiger partial charge in [-0.1, -0.05) is 0 Å². The van der Waals surface area contributed by atoms with Crippen LogP contribution in [-0.2, 0) is 41.1 Å². The van der Waals surface area contributed by atoms with Gasteiger partial charge >= 0.3 is 23.5 Å². The second kappa shape index (κ2) is 13.3. The fourth-order valence-electron chi connectivity index (χ4n) is 4.17. The van der Waals surface area contributed by atoms with Gasteiger partial charge in [0.2, 0.25) is 0 Å². The van der Waals surface area contributed by atoms with Crippen LogP contribution < -0.4 is 5.73 Å². The maximum Gasteiger partial charge on any atom is 0.483 e. The number of rotatable bonds is 12. The molecule has 24 nitrogen and oxygen atoms in total. The van der Waals surface area contributed by atoms with Gasteiger partial charge in [-0.25, -0.2) is 28.6 Å². The molecule has 2 unspecified atom stereocenters. The molecule has 2 aliphatic rings. The minimum Gasteiger partial charge on any atom is -0.388 e. The number of nitrogens with zero attached hydrogens (tertiary/aromatic N) is 4. The van der Waals surface area contributed by atoms with Crippen LogP contribution in [0.15, 0.2) is 12.7 Å². The van der Waals surface area contributed by atoms with E-state index in [-0.39, 0.29) is 17.0 Å². The largest absolute Gasteiger partial charge is 0.483 e. The number of imidazole rings is 1. The van der Waals surface area contributed by atoms with E-state index in [1.54, 1.807) is 0 Å². The molecule has 2 saturated heterocycles. The fourth-order valence-corrected chi connectivity index (χ4v) is 6.68. The average molecular weight is 699 g/mol. The van der Waals surface area contributed by atoms with E-state index in [4.69, 9.17) is 25.0 Å². The van der Waals surface area contributed by atoms with Crippen LogP contribution in [0.5, 0.6) is 0 Å². The van der Waals surface area contributed by atoms with Crippen molar-refractivity contribution in [3.8, 4) is 0 Å². The number of anilines is 1. The number of aromatic nitrogens is 4. The third-order valence-corrected chi connectivity index (χ3v) is 9.33. The van der Waals surface area contributed by atoms with Crippen molar-refractivity contribution in [3.05, 3.63) is 12.7 Å². The number of ether oxygens (including phenoxy) is 2. The molecule has 2 fully saturated rings. The molecular formula is C17H28N5O19P3. The van der Waals surface area contributed by atoms with Gasteiger partial charge in [-0.2, -0.15) is 4.31 Å². The average Bonchev–Trinajstić information content (AvgIpc) is 3.47. The number of aliphatic hydroxyl groups is 6. The SMILES string of the molecule is Nc1ncnc2c1ncn2[C@@H]1O[C@H](COP(=O)(O)OP(=O)(O)O[C@@H]2O[C@H]([C@@H](O)COP(=O)(O)O)[C@@H](O)[C@H](O)[C@@H]2O)[C@@H](O)[C@H]1O. The molecule has 4 heterocycles. The number of phosphoric acid groups is 3. The first-order chi connectivity index (χ1) is 20.3. The molecule has 44 heavy (non-hydrogen) atoms. The van der Waals surface area contributed by atoms with E-state index < -0.39 is 98.0 Å². The number of aliphatic hydroxyl groups excluding tert-OH is 6. The predicted octanol–water partition coefficient (Wildman–Crippen LogP) is -4.44. The highest BCUT2D eigenvalue weighted by atomic mass is 31.3. The summed E-state index contributed by atoms with van der Waals surface area (Å²) in [6.45, 7) is -2.20. The molecule has 0 aromatic carbocycles. The lowest BCUT2D eigenvalue weighted by molar-refractivity contribution is -0.292. The van der Waals surface area contributed by atoms with Crippen LogP contribution in [-0.4, -0.2) is 138 Å². The molecule has 0 spiro atoms. The standard InChI is InChI=1S/C17H28N5O19P3/c18-14-7-15(20-3-19-14)22(4-21-7)16-11(27)8(24)6(38-16)2-37-43(32,33)41-44(34,35)40-17-12(28)9(25)10(26)13(39-17)5(23)1-36-42(29,30)31/h3-6,8-13,16-17,23-28H,1-2H2,(H,32,33)(H,34,35)(H2,18,19,20)(H2,29,30,31)/t5-,6+,8+,9-,10-,11+,12-,13+,16+,17-/m0/s1. The van der Waals surface area contributed by atoms with Gasteiger partial charge in [0.05, 0.1) is 19.5 Å². The highest BCUT2D eigenvalue weighted by molar-refractivity contribution is 7.61. The fraction of sp³-hybridized carbons (Fsp3) is 0.706. The lowest BCUT2D eigenvalue weighted by Crippen LogP contribution is -2.61. The minimum atomic E-state index is -5.78. The highest BCUT2D eigenvalue weighted by Crippen LogP contribution is 2.61. The summed E-state index contributed by atoms with van der Waals surface area (Å²) in [6, 6.07) is 0. The molecular weight excluding hydrogens is 671 g/mol. The number of phosphoric ester groups is 3. The van der Waals surface area contributed by atoms with Gasteiger partial charge < -0.3 is 65.4 Å². The van der Waals surface area contributed by atoms with Crippen molar-refractivity contribution in [2.45, 2.75) is 61.3 Å². The Balaban J connectivity index is 1.37. The van der Waals surface area contributed by atoms with Crippen LogP contribution >= 0.6 is 23.5 Å². The van der Waals surface area contributed by atoms with Gasteiger partial charge in [0.15, 0.2) is 24.0 Å². The first kappa shape index (κ1) is 35.3. The van der Waals surface area contributed by atoms with E-state index in [9.17, 15) is 54.1 Å². The Kier molecular flexibility index (Phi) is 10.6. The summed E-state index contributed by atoms with van der Waals surface area (Å²) in [5.41, 5.74) is 5.97. The van der Waals surface area contributed by atoms with Crippen molar-refractivity contribution in [3.63, 3.8) is 0 Å². The third kappa shape index (κ3) is 8.03. The van der Waals surface area contributed by atoms with Crippen LogP contribution in [0.25, 0.3) is 11.2 Å². The van der Waals surface area contributed by atoms with E-state index in [1.807, 2.05) is 0 Å². The summed E-state index contributed by atoms with van der Waals surface area (Å²) in [5.74, 6) is 0.00753. The molecule has 2 aromatic heterocycles. The molecule has 0 aliphatic carbocycles. The van der Waals surface area contributed by atoms with Crippen LogP contribution in [0.3, 0.4) is 0 Å². The lowest BCUT2D eigenvalue weighted by atomic mass is 9.96. The van der Waals surface area contributed by atoms with E-state index in [2.05, 4.69) is 32.8 Å². The molecule has 0 bridgehead atoms. The number of hydrogen-bond donors (Lipinski definition) is 11. The zero-order chi connectivity index (χ0) is 32.8. The number of nitrogen functional groups attached to an aromatic ring is 1. The Hall–Kier alpha value is -1.60. The maximum atomic E-state index is 12.5. The molecule has 2 aromatic rings. The van der Waals surface area contributed by atoms with Crippen molar-refractivity contribution in [2.24, 2.45) is 0 Å². The molecule has 2 aliphatic heterocycles. The van der Waals surface area contributed by atoms with Gasteiger partial charge in [-0.3, -0.25) is 18.1 Å². The maximum absolute atomic E-state index is 12.5. The third-order valence-electron chi connectivity index (χ3n) is 6.24. The first-order valence-corrected chi connectivity index (χ1v) is 16.5. The van der Waals surface area contributed by atoms with E-state index >= 15 is 0 Å². The zero-order valence-electron chi connectivity index (χ0n) is 21.7. The zero-order valence-corrected chi connectivity index (χ0v) is 24.4. The van der Waals surface area contributed by atoms with Gasteiger partial charge in [0, 0.05) is 0 Å². The van der Waals surface area contributed by atoms with Gasteiger partial charge in [0.25, 0.3) is 0 Å². The molecule has 12 atom stereocenters. The van der Waals surface area contributed by atoms with Gasteiger partial charge in [0.1, 0.15) is 60.7 Å². The summed E-state index contributed by atoms with van der Waals surface area (Å²) in [4.78, 5) is 49.2. The van der Waals surface area contributed by atoms with Crippen LogP contribution in [0, 0.1) is 0 Å². The normalized spacial score (nSPS) is 34.9. The minimum absolute atomic E-state index is 0.00753. The Bertz CT molecular complexity index is 1460. The van der Waals surface area contributed by atoms with Gasteiger partial charge in [-0.15, -0.1) is 0 Å². The molecule has 0 saturated carbocycles. The first-order valence-electron chi connectivity index (χ1n) is 12.0. The molecule has 4 rings (SSSR count). The van der Waals surface area contributed by atoms with Crippen molar-refractivity contribution in [1.29, 1.82) is 0 Å². The molecule has 250 valence electrons. The summed E-state index contributed by atoms with van der Waals surface area (Å²) in [6.07, 6.45) is -17.4. The van der Waals surface area contributed by atoms with Crippen molar-refractivity contribution >= 4 is 40.4 Å². The Morgan fingerprint density at radius 3 is 2.23 bits per heavy atom. The van der Waals surface area contributed by atoms with Crippen molar-refractivity contribution in [2.75, 3.05) is 18.9 Å². The summed E-state index contributed by atoms with van der Waals surface area (Å²) >= 11 is 0. The number of nitrogens with two attached hydrogens (primary N) is 1. The molecule has 0 amide bonds. The quantitative estimate of drug-likeness (QED) is 0.0930. The van der Waals surface area contributed by atoms with E-state index in [1.165, 1.54) is 10.9 Å². The van der Waals surface area contributed by atoms with E-state index in [0.717, 1.165) is 6.33 Å². The second-order valence-electron chi connectivity index (χ2n) is 9.34. The van der Waals surface area contributed by atoms with Crippen LogP contribution in [0.4, 0.5) is 5.82 Å². The summed E-state index contributed by atoms with van der Waals surface area (Å²) in [5, 5.41) is 61.0. The Labute approximate surface area is 244 Å². The predicted molar refractivity (Wildman–Crippen MR) is 134 cm³/mol. The Morgan fingerprint density at radius 1 is 0.886 bits per heavy atom. The second-order valence-corrected chi connectivity index (χ2v) is 13.6. The smallest absolute Gasteiger partial charge is 0.388 e. The summed E-state index contributed by atoms with van der Waals surface area (Å²) in [7, 11) is -16.5. The highest BCUT2D eigenvalue weighted by Gasteiger charge is 2.51.